The first-order chi connectivity index (χ1) is 10.7. The van der Waals surface area contributed by atoms with Crippen molar-refractivity contribution in [2.45, 2.75) is 13.2 Å². The Labute approximate surface area is 131 Å². The fourth-order valence-corrected chi connectivity index (χ4v) is 2.47. The third kappa shape index (κ3) is 2.86. The monoisotopic (exact) mass is 317 g/mol. The lowest BCUT2D eigenvalue weighted by Gasteiger charge is -2.09. The van der Waals surface area contributed by atoms with Gasteiger partial charge in [-0.1, -0.05) is 35.0 Å². The summed E-state index contributed by atoms with van der Waals surface area (Å²) in [6, 6.07) is 13.4. The molecule has 0 saturated carbocycles. The normalized spacial score (nSPS) is 10.9. The van der Waals surface area contributed by atoms with Gasteiger partial charge in [-0.15, -0.1) is 5.10 Å². The van der Waals surface area contributed by atoms with Crippen molar-refractivity contribution < 1.29 is 9.50 Å². The van der Waals surface area contributed by atoms with Gasteiger partial charge in [-0.25, -0.2) is 9.07 Å². The molecule has 4 nitrogen and oxygen atoms in total. The lowest BCUT2D eigenvalue weighted by molar-refractivity contribution is 0.277. The molecule has 0 radical (unpaired) electrons. The van der Waals surface area contributed by atoms with E-state index in [1.165, 1.54) is 12.1 Å². The molecular formula is C16H13ClFN3O. The fourth-order valence-electron chi connectivity index (χ4n) is 2.28. The van der Waals surface area contributed by atoms with Gasteiger partial charge in [-0.3, -0.25) is 0 Å². The fraction of sp³-hybridized carbons (Fsp3) is 0.125. The standard InChI is InChI=1S/C16H13ClFN3O/c17-14-4-2-1-3-12(14)9-21-16(15(10-22)19-20-21)11-5-7-13(18)8-6-11/h1-8,22H,9-10H2. The Kier molecular flexibility index (Phi) is 4.18. The Morgan fingerprint density at radius 2 is 1.82 bits per heavy atom. The molecule has 0 saturated heterocycles. The molecule has 0 amide bonds. The topological polar surface area (TPSA) is 50.9 Å². The summed E-state index contributed by atoms with van der Waals surface area (Å²) in [5.74, 6) is -0.320. The van der Waals surface area contributed by atoms with Crippen molar-refractivity contribution in [1.29, 1.82) is 0 Å². The Morgan fingerprint density at radius 3 is 2.50 bits per heavy atom. The van der Waals surface area contributed by atoms with Crippen LogP contribution < -0.4 is 0 Å². The number of rotatable bonds is 4. The highest BCUT2D eigenvalue weighted by atomic mass is 35.5. The van der Waals surface area contributed by atoms with Gasteiger partial charge in [0.2, 0.25) is 0 Å². The predicted octanol–water partition coefficient (Wildman–Crippen LogP) is 3.28. The summed E-state index contributed by atoms with van der Waals surface area (Å²) in [6.45, 7) is 0.175. The largest absolute Gasteiger partial charge is 0.390 e. The third-order valence-electron chi connectivity index (χ3n) is 3.35. The van der Waals surface area contributed by atoms with E-state index in [0.29, 0.717) is 23.0 Å². The lowest BCUT2D eigenvalue weighted by atomic mass is 10.1. The van der Waals surface area contributed by atoms with Gasteiger partial charge in [-0.2, -0.15) is 0 Å². The van der Waals surface area contributed by atoms with Crippen LogP contribution in [0.1, 0.15) is 11.3 Å². The van der Waals surface area contributed by atoms with Crippen LogP contribution in [-0.4, -0.2) is 20.1 Å². The molecule has 22 heavy (non-hydrogen) atoms. The van der Waals surface area contributed by atoms with Crippen molar-refractivity contribution >= 4 is 11.6 Å². The second-order valence-corrected chi connectivity index (χ2v) is 5.21. The zero-order valence-electron chi connectivity index (χ0n) is 11.6. The van der Waals surface area contributed by atoms with E-state index < -0.39 is 0 Å². The number of benzene rings is 2. The van der Waals surface area contributed by atoms with Crippen molar-refractivity contribution in [3.8, 4) is 11.3 Å². The van der Waals surface area contributed by atoms with Gasteiger partial charge < -0.3 is 5.11 Å². The lowest BCUT2D eigenvalue weighted by Crippen LogP contribution is -2.05. The molecule has 1 aromatic heterocycles. The van der Waals surface area contributed by atoms with Crippen LogP contribution in [0.4, 0.5) is 4.39 Å². The van der Waals surface area contributed by atoms with Crippen LogP contribution in [0.2, 0.25) is 5.02 Å². The minimum Gasteiger partial charge on any atom is -0.390 e. The summed E-state index contributed by atoms with van der Waals surface area (Å²) in [5.41, 5.74) is 2.73. The molecule has 0 fully saturated rings. The Morgan fingerprint density at radius 1 is 1.09 bits per heavy atom. The van der Waals surface area contributed by atoms with Gasteiger partial charge in [-0.05, 0) is 35.9 Å². The van der Waals surface area contributed by atoms with Crippen molar-refractivity contribution in [3.05, 3.63) is 70.6 Å². The van der Waals surface area contributed by atoms with Crippen LogP contribution in [0.5, 0.6) is 0 Å². The predicted molar refractivity (Wildman–Crippen MR) is 81.9 cm³/mol. The highest BCUT2D eigenvalue weighted by molar-refractivity contribution is 6.31. The SMILES string of the molecule is OCc1nnn(Cc2ccccc2Cl)c1-c1ccc(F)cc1. The number of hydrogen-bond donors (Lipinski definition) is 1. The van der Waals surface area contributed by atoms with E-state index >= 15 is 0 Å². The highest BCUT2D eigenvalue weighted by Crippen LogP contribution is 2.25. The van der Waals surface area contributed by atoms with Crippen LogP contribution in [0.25, 0.3) is 11.3 Å². The first-order valence-corrected chi connectivity index (χ1v) is 7.09. The van der Waals surface area contributed by atoms with Gasteiger partial charge in [0.1, 0.15) is 11.5 Å². The molecule has 0 aliphatic carbocycles. The molecule has 0 atom stereocenters. The number of nitrogens with zero attached hydrogens (tertiary/aromatic N) is 3. The zero-order valence-corrected chi connectivity index (χ0v) is 12.3. The highest BCUT2D eigenvalue weighted by Gasteiger charge is 2.15. The molecule has 1 heterocycles. The summed E-state index contributed by atoms with van der Waals surface area (Å²) < 4.78 is 14.8. The molecule has 1 N–H and O–H groups in total. The van der Waals surface area contributed by atoms with Gasteiger partial charge in [0, 0.05) is 10.6 Å². The van der Waals surface area contributed by atoms with Crippen LogP contribution in [0, 0.1) is 5.82 Å². The maximum absolute atomic E-state index is 13.1. The Balaban J connectivity index is 2.04. The van der Waals surface area contributed by atoms with E-state index in [1.807, 2.05) is 18.2 Å². The van der Waals surface area contributed by atoms with Crippen molar-refractivity contribution in [2.75, 3.05) is 0 Å². The summed E-state index contributed by atoms with van der Waals surface area (Å²) >= 11 is 6.17. The number of aliphatic hydroxyl groups is 1. The summed E-state index contributed by atoms with van der Waals surface area (Å²) in [4.78, 5) is 0. The van der Waals surface area contributed by atoms with Crippen LogP contribution in [0.15, 0.2) is 48.5 Å². The molecule has 0 spiro atoms. The van der Waals surface area contributed by atoms with E-state index in [2.05, 4.69) is 10.3 Å². The molecule has 0 aliphatic rings. The summed E-state index contributed by atoms with van der Waals surface area (Å²) in [5, 5.41) is 18.1. The number of hydrogen-bond acceptors (Lipinski definition) is 3. The number of aliphatic hydroxyl groups excluding tert-OH is 1. The smallest absolute Gasteiger partial charge is 0.123 e. The molecule has 0 unspecified atom stereocenters. The second-order valence-electron chi connectivity index (χ2n) is 4.80. The second kappa shape index (κ2) is 6.25. The molecule has 0 bridgehead atoms. The average molecular weight is 318 g/mol. The van der Waals surface area contributed by atoms with Crippen molar-refractivity contribution in [3.63, 3.8) is 0 Å². The Hall–Kier alpha value is -2.24. The van der Waals surface area contributed by atoms with Crippen LogP contribution in [-0.2, 0) is 13.2 Å². The maximum atomic E-state index is 13.1. The van der Waals surface area contributed by atoms with Gasteiger partial charge in [0.15, 0.2) is 0 Å². The van der Waals surface area contributed by atoms with Crippen molar-refractivity contribution in [2.24, 2.45) is 0 Å². The third-order valence-corrected chi connectivity index (χ3v) is 3.72. The minimum absolute atomic E-state index is 0.241. The van der Waals surface area contributed by atoms with E-state index in [9.17, 15) is 9.50 Å². The molecule has 112 valence electrons. The van der Waals surface area contributed by atoms with Gasteiger partial charge in [0.05, 0.1) is 18.8 Å². The first-order valence-electron chi connectivity index (χ1n) is 6.71. The molecular weight excluding hydrogens is 305 g/mol. The number of halogens is 2. The van der Waals surface area contributed by atoms with Crippen LogP contribution >= 0.6 is 11.6 Å². The van der Waals surface area contributed by atoms with Crippen molar-refractivity contribution in [1.82, 2.24) is 15.0 Å². The van der Waals surface area contributed by atoms with Crippen LogP contribution in [0.3, 0.4) is 0 Å². The van der Waals surface area contributed by atoms with E-state index in [1.54, 1.807) is 22.9 Å². The average Bonchev–Trinajstić information content (AvgIpc) is 2.93. The first kappa shape index (κ1) is 14.7. The quantitative estimate of drug-likeness (QED) is 0.803. The van der Waals surface area contributed by atoms with Gasteiger partial charge >= 0.3 is 0 Å². The van der Waals surface area contributed by atoms with E-state index in [0.717, 1.165) is 11.1 Å². The van der Waals surface area contributed by atoms with E-state index in [4.69, 9.17) is 11.6 Å². The summed E-state index contributed by atoms with van der Waals surface area (Å²) in [6.07, 6.45) is 0. The van der Waals surface area contributed by atoms with E-state index in [-0.39, 0.29) is 12.4 Å². The zero-order chi connectivity index (χ0) is 15.5. The molecule has 3 rings (SSSR count). The summed E-state index contributed by atoms with van der Waals surface area (Å²) in [7, 11) is 0. The van der Waals surface area contributed by atoms with Gasteiger partial charge in [0.25, 0.3) is 0 Å². The molecule has 6 heteroatoms. The minimum atomic E-state index is -0.320. The molecule has 2 aromatic carbocycles. The molecule has 3 aromatic rings. The molecule has 0 aliphatic heterocycles. The maximum Gasteiger partial charge on any atom is 0.123 e. The Bertz CT molecular complexity index is 786. The number of aromatic nitrogens is 3.